The van der Waals surface area contributed by atoms with Gasteiger partial charge in [-0.1, -0.05) is 0 Å². The van der Waals surface area contributed by atoms with Gasteiger partial charge in [-0.05, 0) is 24.3 Å². The van der Waals surface area contributed by atoms with E-state index in [1.54, 1.807) is 38.6 Å². The third-order valence-electron chi connectivity index (χ3n) is 2.83. The lowest BCUT2D eigenvalue weighted by Gasteiger charge is -2.11. The van der Waals surface area contributed by atoms with Crippen molar-refractivity contribution in [1.82, 2.24) is 9.97 Å². The van der Waals surface area contributed by atoms with Gasteiger partial charge in [0, 0.05) is 24.2 Å². The molecule has 0 bridgehead atoms. The first kappa shape index (κ1) is 15.3. The van der Waals surface area contributed by atoms with E-state index in [0.29, 0.717) is 28.8 Å². The number of ether oxygens (including phenoxy) is 2. The van der Waals surface area contributed by atoms with Gasteiger partial charge in [0.2, 0.25) is 0 Å². The Bertz CT molecular complexity index is 700. The van der Waals surface area contributed by atoms with Crippen LogP contribution in [0.4, 0.5) is 11.5 Å². The number of benzene rings is 1. The molecule has 0 unspecified atom stereocenters. The van der Waals surface area contributed by atoms with Gasteiger partial charge in [0.1, 0.15) is 5.82 Å². The Balaban J connectivity index is 2.26. The second kappa shape index (κ2) is 7.07. The van der Waals surface area contributed by atoms with Crippen LogP contribution in [0.2, 0.25) is 0 Å². The van der Waals surface area contributed by atoms with Gasteiger partial charge in [0.25, 0.3) is 0 Å². The molecule has 0 spiro atoms. The van der Waals surface area contributed by atoms with Crippen LogP contribution in [0.1, 0.15) is 5.82 Å². The van der Waals surface area contributed by atoms with Gasteiger partial charge in [0.05, 0.1) is 19.9 Å². The summed E-state index contributed by atoms with van der Waals surface area (Å²) in [6, 6.07) is 7.17. The van der Waals surface area contributed by atoms with Gasteiger partial charge >= 0.3 is 0 Å². The molecule has 0 aliphatic carbocycles. The second-order valence-corrected chi connectivity index (χ2v) is 4.25. The Morgan fingerprint density at radius 3 is 2.68 bits per heavy atom. The van der Waals surface area contributed by atoms with Crippen LogP contribution in [0, 0.1) is 5.41 Å². The molecule has 2 aromatic rings. The molecule has 7 nitrogen and oxygen atoms in total. The maximum Gasteiger partial charge on any atom is 0.177 e. The summed E-state index contributed by atoms with van der Waals surface area (Å²) in [7, 11) is 3.16. The lowest BCUT2D eigenvalue weighted by Crippen LogP contribution is -2.04. The molecule has 1 heterocycles. The zero-order valence-corrected chi connectivity index (χ0v) is 12.3. The van der Waals surface area contributed by atoms with Crippen molar-refractivity contribution >= 4 is 23.4 Å². The van der Waals surface area contributed by atoms with Crippen molar-refractivity contribution in [3.63, 3.8) is 0 Å². The molecule has 0 aliphatic rings. The van der Waals surface area contributed by atoms with Crippen molar-refractivity contribution in [1.29, 1.82) is 5.41 Å². The highest BCUT2D eigenvalue weighted by Gasteiger charge is 2.06. The molecule has 1 aromatic carbocycles. The summed E-state index contributed by atoms with van der Waals surface area (Å²) in [5, 5.41) is 10.2. The van der Waals surface area contributed by atoms with E-state index in [2.05, 4.69) is 15.3 Å². The molecule has 0 saturated carbocycles. The van der Waals surface area contributed by atoms with E-state index < -0.39 is 0 Å². The Kier molecular flexibility index (Phi) is 4.92. The van der Waals surface area contributed by atoms with Gasteiger partial charge in [-0.2, -0.15) is 0 Å². The highest BCUT2D eigenvalue weighted by molar-refractivity contribution is 5.80. The van der Waals surface area contributed by atoms with Crippen molar-refractivity contribution in [2.45, 2.75) is 0 Å². The molecule has 4 N–H and O–H groups in total. The van der Waals surface area contributed by atoms with Crippen LogP contribution in [0.15, 0.2) is 36.5 Å². The Labute approximate surface area is 128 Å². The number of anilines is 2. The van der Waals surface area contributed by atoms with Crippen molar-refractivity contribution in [2.24, 2.45) is 5.73 Å². The van der Waals surface area contributed by atoms with E-state index >= 15 is 0 Å². The molecule has 1 aromatic heterocycles. The zero-order valence-electron chi connectivity index (χ0n) is 12.3. The number of hydrogen-bond donors (Lipinski definition) is 3. The highest BCUT2D eigenvalue weighted by Crippen LogP contribution is 2.30. The second-order valence-electron chi connectivity index (χ2n) is 4.25. The fourth-order valence-electron chi connectivity index (χ4n) is 1.79. The summed E-state index contributed by atoms with van der Waals surface area (Å²) in [5.41, 5.74) is 6.89. The van der Waals surface area contributed by atoms with E-state index in [-0.39, 0.29) is 0 Å². The van der Waals surface area contributed by atoms with Crippen LogP contribution < -0.4 is 20.5 Å². The van der Waals surface area contributed by atoms with Crippen molar-refractivity contribution < 1.29 is 9.47 Å². The lowest BCUT2D eigenvalue weighted by atomic mass is 10.2. The monoisotopic (exact) mass is 299 g/mol. The minimum absolute atomic E-state index is 0.325. The van der Waals surface area contributed by atoms with Crippen LogP contribution in [0.25, 0.3) is 5.70 Å². The van der Waals surface area contributed by atoms with Crippen LogP contribution in [-0.4, -0.2) is 30.4 Å². The lowest BCUT2D eigenvalue weighted by molar-refractivity contribution is 0.355. The fraction of sp³-hybridized carbons (Fsp3) is 0.133. The van der Waals surface area contributed by atoms with Gasteiger partial charge in [-0.15, -0.1) is 0 Å². The molecule has 0 fully saturated rings. The molecule has 0 aliphatic heterocycles. The standard InChI is InChI=1S/C15H17N5O2/c1-21-12-4-3-10(9-13(12)22-2)19-14-6-8-18-15(20-14)11(17)5-7-16/h3-9,16H,17H2,1-2H3,(H,18,19,20)/b11-5-,16-7?. The predicted molar refractivity (Wildman–Crippen MR) is 85.8 cm³/mol. The first-order chi connectivity index (χ1) is 10.7. The molecule has 0 radical (unpaired) electrons. The van der Waals surface area contributed by atoms with Crippen molar-refractivity contribution in [3.8, 4) is 11.5 Å². The third kappa shape index (κ3) is 3.51. The fourth-order valence-corrected chi connectivity index (χ4v) is 1.79. The first-order valence-electron chi connectivity index (χ1n) is 6.46. The maximum absolute atomic E-state index is 7.02. The van der Waals surface area contributed by atoms with E-state index in [1.807, 2.05) is 6.07 Å². The third-order valence-corrected chi connectivity index (χ3v) is 2.83. The maximum atomic E-state index is 7.02. The number of aromatic nitrogens is 2. The molecule has 0 saturated heterocycles. The SMILES string of the molecule is COc1ccc(Nc2ccnc(/C(N)=C/C=N)n2)cc1OC. The number of nitrogens with two attached hydrogens (primary N) is 1. The Morgan fingerprint density at radius 1 is 1.23 bits per heavy atom. The quantitative estimate of drug-likeness (QED) is 0.706. The van der Waals surface area contributed by atoms with Crippen LogP contribution in [0.5, 0.6) is 11.5 Å². The molecule has 2 rings (SSSR count). The summed E-state index contributed by atoms with van der Waals surface area (Å²) in [5.74, 6) is 2.20. The molecule has 7 heteroatoms. The minimum Gasteiger partial charge on any atom is -0.493 e. The summed E-state index contributed by atoms with van der Waals surface area (Å²) in [6.45, 7) is 0. The van der Waals surface area contributed by atoms with Crippen LogP contribution in [-0.2, 0) is 0 Å². The number of nitrogens with one attached hydrogen (secondary N) is 2. The van der Waals surface area contributed by atoms with E-state index in [0.717, 1.165) is 11.9 Å². The highest BCUT2D eigenvalue weighted by atomic mass is 16.5. The van der Waals surface area contributed by atoms with Crippen molar-refractivity contribution in [3.05, 3.63) is 42.4 Å². The van der Waals surface area contributed by atoms with E-state index in [9.17, 15) is 0 Å². The number of nitrogens with zero attached hydrogens (tertiary/aromatic N) is 2. The average molecular weight is 299 g/mol. The summed E-state index contributed by atoms with van der Waals surface area (Å²) in [6.07, 6.45) is 4.11. The smallest absolute Gasteiger partial charge is 0.177 e. The molecule has 114 valence electrons. The van der Waals surface area contributed by atoms with Gasteiger partial charge in [-0.25, -0.2) is 9.97 Å². The van der Waals surface area contributed by atoms with Gasteiger partial charge < -0.3 is 25.9 Å². The minimum atomic E-state index is 0.325. The summed E-state index contributed by atoms with van der Waals surface area (Å²) in [4.78, 5) is 8.36. The summed E-state index contributed by atoms with van der Waals surface area (Å²) < 4.78 is 10.5. The normalized spacial score (nSPS) is 10.9. The Hall–Kier alpha value is -3.09. The van der Waals surface area contributed by atoms with Crippen molar-refractivity contribution in [2.75, 3.05) is 19.5 Å². The van der Waals surface area contributed by atoms with E-state index in [4.69, 9.17) is 20.6 Å². The largest absolute Gasteiger partial charge is 0.493 e. The molecule has 0 amide bonds. The van der Waals surface area contributed by atoms with Gasteiger partial charge in [0.15, 0.2) is 17.3 Å². The first-order valence-corrected chi connectivity index (χ1v) is 6.46. The number of methoxy groups -OCH3 is 2. The number of hydrogen-bond acceptors (Lipinski definition) is 7. The molecule has 22 heavy (non-hydrogen) atoms. The average Bonchev–Trinajstić information content (AvgIpc) is 2.55. The van der Waals surface area contributed by atoms with Crippen LogP contribution in [0.3, 0.4) is 0 Å². The number of allylic oxidation sites excluding steroid dienone is 1. The molecular weight excluding hydrogens is 282 g/mol. The van der Waals surface area contributed by atoms with Gasteiger partial charge in [-0.3, -0.25) is 0 Å². The van der Waals surface area contributed by atoms with E-state index in [1.165, 1.54) is 6.08 Å². The summed E-state index contributed by atoms with van der Waals surface area (Å²) >= 11 is 0. The topological polar surface area (TPSA) is 106 Å². The Morgan fingerprint density at radius 2 is 2.00 bits per heavy atom. The molecule has 0 atom stereocenters. The predicted octanol–water partition coefficient (Wildman–Crippen LogP) is 2.19. The molecular formula is C15H17N5O2. The zero-order chi connectivity index (χ0) is 15.9. The van der Waals surface area contributed by atoms with Crippen LogP contribution >= 0.6 is 0 Å². The number of rotatable bonds is 6.